The monoisotopic (exact) mass is 210 g/mol. The van der Waals surface area contributed by atoms with Crippen LogP contribution in [-0.2, 0) is 9.53 Å². The fraction of sp³-hybridized carbons (Fsp3) is 0.769. The molecule has 2 nitrogen and oxygen atoms in total. The highest BCUT2D eigenvalue weighted by Gasteiger charge is 2.21. The summed E-state index contributed by atoms with van der Waals surface area (Å²) in [5.74, 6) is 0.179. The summed E-state index contributed by atoms with van der Waals surface area (Å²) >= 11 is 0. The van der Waals surface area contributed by atoms with Gasteiger partial charge in [-0.2, -0.15) is 0 Å². The molecule has 0 amide bonds. The summed E-state index contributed by atoms with van der Waals surface area (Å²) in [6, 6.07) is 0. The quantitative estimate of drug-likeness (QED) is 0.527. The molecule has 0 aliphatic heterocycles. The summed E-state index contributed by atoms with van der Waals surface area (Å²) in [6.07, 6.45) is 8.37. The van der Waals surface area contributed by atoms with E-state index in [9.17, 15) is 4.79 Å². The zero-order valence-corrected chi connectivity index (χ0v) is 10.1. The number of hydrogen-bond acceptors (Lipinski definition) is 2. The van der Waals surface area contributed by atoms with E-state index in [4.69, 9.17) is 4.74 Å². The van der Waals surface area contributed by atoms with E-state index in [0.717, 1.165) is 0 Å². The van der Waals surface area contributed by atoms with E-state index < -0.39 is 0 Å². The van der Waals surface area contributed by atoms with Crippen LogP contribution in [-0.4, -0.2) is 13.1 Å². The number of methoxy groups -OCH3 is 1. The predicted molar refractivity (Wildman–Crippen MR) is 61.5 cm³/mol. The molecular weight excluding hydrogens is 188 g/mol. The van der Waals surface area contributed by atoms with Gasteiger partial charge < -0.3 is 4.74 Å². The molecule has 1 aliphatic carbocycles. The van der Waals surface area contributed by atoms with Crippen molar-refractivity contribution < 1.29 is 9.53 Å². The molecule has 0 aromatic carbocycles. The largest absolute Gasteiger partial charge is 0.469 e. The van der Waals surface area contributed by atoms with Crippen LogP contribution in [0.2, 0.25) is 0 Å². The zero-order valence-electron chi connectivity index (χ0n) is 10.1. The standard InChI is InChI=1S/C13H22O2/c1-10(2)12(13(14)15-3)9-11-7-5-4-6-8-11/h9-10,12H,4-8H2,1-3H3. The van der Waals surface area contributed by atoms with Gasteiger partial charge in [-0.25, -0.2) is 0 Å². The second-order valence-corrected chi connectivity index (χ2v) is 4.68. The zero-order chi connectivity index (χ0) is 11.3. The van der Waals surface area contributed by atoms with Crippen LogP contribution in [0.25, 0.3) is 0 Å². The SMILES string of the molecule is COC(=O)C(C=C1CCCCC1)C(C)C. The smallest absolute Gasteiger partial charge is 0.312 e. The maximum absolute atomic E-state index is 11.6. The second-order valence-electron chi connectivity index (χ2n) is 4.68. The highest BCUT2D eigenvalue weighted by Crippen LogP contribution is 2.26. The van der Waals surface area contributed by atoms with Crippen LogP contribution in [0, 0.1) is 11.8 Å². The third-order valence-corrected chi connectivity index (χ3v) is 3.10. The van der Waals surface area contributed by atoms with Crippen LogP contribution < -0.4 is 0 Å². The van der Waals surface area contributed by atoms with Gasteiger partial charge in [-0.15, -0.1) is 0 Å². The fourth-order valence-corrected chi connectivity index (χ4v) is 2.10. The molecule has 0 N–H and O–H groups in total. The predicted octanol–water partition coefficient (Wildman–Crippen LogP) is 3.32. The highest BCUT2D eigenvalue weighted by atomic mass is 16.5. The molecule has 1 rings (SSSR count). The highest BCUT2D eigenvalue weighted by molar-refractivity contribution is 5.74. The van der Waals surface area contributed by atoms with E-state index in [1.807, 2.05) is 0 Å². The molecule has 0 spiro atoms. The van der Waals surface area contributed by atoms with Gasteiger partial charge in [0.05, 0.1) is 13.0 Å². The van der Waals surface area contributed by atoms with Crippen molar-refractivity contribution in [3.05, 3.63) is 11.6 Å². The Bertz CT molecular complexity index is 233. The Morgan fingerprint density at radius 3 is 2.33 bits per heavy atom. The molecule has 1 aliphatic rings. The van der Waals surface area contributed by atoms with E-state index in [1.54, 1.807) is 0 Å². The van der Waals surface area contributed by atoms with Crippen molar-refractivity contribution in [3.8, 4) is 0 Å². The first-order chi connectivity index (χ1) is 7.15. The van der Waals surface area contributed by atoms with E-state index >= 15 is 0 Å². The minimum absolute atomic E-state index is 0.0527. The molecule has 0 radical (unpaired) electrons. The summed E-state index contributed by atoms with van der Waals surface area (Å²) in [7, 11) is 1.47. The Morgan fingerprint density at radius 2 is 1.87 bits per heavy atom. The molecule has 2 heteroatoms. The van der Waals surface area contributed by atoms with Gasteiger partial charge in [0.2, 0.25) is 0 Å². The average molecular weight is 210 g/mol. The summed E-state index contributed by atoms with van der Waals surface area (Å²) < 4.78 is 4.83. The van der Waals surface area contributed by atoms with E-state index in [0.29, 0.717) is 5.92 Å². The third-order valence-electron chi connectivity index (χ3n) is 3.10. The van der Waals surface area contributed by atoms with Gasteiger partial charge in [0.1, 0.15) is 0 Å². The number of rotatable bonds is 3. The molecular formula is C13H22O2. The van der Waals surface area contributed by atoms with Crippen molar-refractivity contribution in [2.24, 2.45) is 11.8 Å². The molecule has 1 unspecified atom stereocenters. The first kappa shape index (κ1) is 12.3. The van der Waals surface area contributed by atoms with Gasteiger partial charge in [0, 0.05) is 0 Å². The fourth-order valence-electron chi connectivity index (χ4n) is 2.10. The molecule has 1 atom stereocenters. The number of carbonyl (C=O) groups excluding carboxylic acids is 1. The van der Waals surface area contributed by atoms with Gasteiger partial charge in [-0.05, 0) is 31.6 Å². The third kappa shape index (κ3) is 3.69. The van der Waals surface area contributed by atoms with Crippen LogP contribution in [0.15, 0.2) is 11.6 Å². The first-order valence-corrected chi connectivity index (χ1v) is 5.92. The number of esters is 1. The molecule has 0 heterocycles. The molecule has 15 heavy (non-hydrogen) atoms. The van der Waals surface area contributed by atoms with Gasteiger partial charge >= 0.3 is 5.97 Å². The second kappa shape index (κ2) is 5.94. The number of allylic oxidation sites excluding steroid dienone is 1. The van der Waals surface area contributed by atoms with Crippen LogP contribution in [0.5, 0.6) is 0 Å². The average Bonchev–Trinajstić information content (AvgIpc) is 2.26. The lowest BCUT2D eigenvalue weighted by Gasteiger charge is -2.19. The van der Waals surface area contributed by atoms with Gasteiger partial charge in [-0.1, -0.05) is 31.9 Å². The van der Waals surface area contributed by atoms with Crippen molar-refractivity contribution in [2.75, 3.05) is 7.11 Å². The molecule has 0 saturated heterocycles. The maximum Gasteiger partial charge on any atom is 0.312 e. The van der Waals surface area contributed by atoms with Gasteiger partial charge in [-0.3, -0.25) is 4.79 Å². The summed E-state index contributed by atoms with van der Waals surface area (Å²) in [5.41, 5.74) is 1.45. The van der Waals surface area contributed by atoms with E-state index in [-0.39, 0.29) is 11.9 Å². The number of hydrogen-bond donors (Lipinski definition) is 0. The summed E-state index contributed by atoms with van der Waals surface area (Å²) in [4.78, 5) is 11.6. The van der Waals surface area contributed by atoms with Crippen LogP contribution in [0.4, 0.5) is 0 Å². The first-order valence-electron chi connectivity index (χ1n) is 5.92. The molecule has 1 fully saturated rings. The Morgan fingerprint density at radius 1 is 1.27 bits per heavy atom. The molecule has 0 aromatic heterocycles. The number of carbonyl (C=O) groups is 1. The lowest BCUT2D eigenvalue weighted by atomic mass is 9.88. The normalized spacial score (nSPS) is 18.8. The molecule has 0 bridgehead atoms. The van der Waals surface area contributed by atoms with Crippen molar-refractivity contribution >= 4 is 5.97 Å². The minimum Gasteiger partial charge on any atom is -0.469 e. The molecule has 1 saturated carbocycles. The Hall–Kier alpha value is -0.790. The lowest BCUT2D eigenvalue weighted by Crippen LogP contribution is -2.20. The summed E-state index contributed by atoms with van der Waals surface area (Å²) in [5, 5.41) is 0. The minimum atomic E-state index is -0.0944. The van der Waals surface area contributed by atoms with Gasteiger partial charge in [0.15, 0.2) is 0 Å². The van der Waals surface area contributed by atoms with E-state index in [2.05, 4.69) is 19.9 Å². The Labute approximate surface area is 92.7 Å². The van der Waals surface area contributed by atoms with Crippen molar-refractivity contribution in [1.82, 2.24) is 0 Å². The lowest BCUT2D eigenvalue weighted by molar-refractivity contribution is -0.145. The Balaban J connectivity index is 2.67. The maximum atomic E-state index is 11.6. The van der Waals surface area contributed by atoms with Crippen LogP contribution in [0.3, 0.4) is 0 Å². The molecule has 86 valence electrons. The van der Waals surface area contributed by atoms with Crippen LogP contribution in [0.1, 0.15) is 46.0 Å². The summed E-state index contributed by atoms with van der Waals surface area (Å²) in [6.45, 7) is 4.14. The molecule has 0 aromatic rings. The van der Waals surface area contributed by atoms with Crippen molar-refractivity contribution in [1.29, 1.82) is 0 Å². The van der Waals surface area contributed by atoms with E-state index in [1.165, 1.54) is 44.8 Å². The number of ether oxygens (including phenoxy) is 1. The topological polar surface area (TPSA) is 26.3 Å². The Kier molecular flexibility index (Phi) is 4.86. The van der Waals surface area contributed by atoms with Crippen molar-refractivity contribution in [3.63, 3.8) is 0 Å². The van der Waals surface area contributed by atoms with Gasteiger partial charge in [0.25, 0.3) is 0 Å². The van der Waals surface area contributed by atoms with Crippen molar-refractivity contribution in [2.45, 2.75) is 46.0 Å². The van der Waals surface area contributed by atoms with Crippen LogP contribution >= 0.6 is 0 Å².